The molecule has 0 saturated heterocycles. The number of nitrogens with two attached hydrogens (primary N) is 1. The minimum atomic E-state index is -0.578. The van der Waals surface area contributed by atoms with Crippen molar-refractivity contribution in [1.29, 1.82) is 0 Å². The second-order valence-electron chi connectivity index (χ2n) is 7.25. The summed E-state index contributed by atoms with van der Waals surface area (Å²) >= 11 is 0. The predicted octanol–water partition coefficient (Wildman–Crippen LogP) is 3.56. The van der Waals surface area contributed by atoms with Gasteiger partial charge in [-0.2, -0.15) is 0 Å². The molecule has 0 aliphatic rings. The van der Waals surface area contributed by atoms with Gasteiger partial charge in [-0.25, -0.2) is 4.39 Å². The first-order chi connectivity index (χ1) is 16.2. The number of nitrogens with zero attached hydrogens (tertiary/aromatic N) is 1. The van der Waals surface area contributed by atoms with Crippen LogP contribution < -0.4 is 16.4 Å². The zero-order valence-corrected chi connectivity index (χ0v) is 20.0. The summed E-state index contributed by atoms with van der Waals surface area (Å²) in [4.78, 5) is 22.3. The molecule has 0 unspecified atom stereocenters. The summed E-state index contributed by atoms with van der Waals surface area (Å²) < 4.78 is 24.1. The van der Waals surface area contributed by atoms with E-state index in [0.717, 1.165) is 11.3 Å². The van der Waals surface area contributed by atoms with E-state index >= 15 is 0 Å². The van der Waals surface area contributed by atoms with E-state index in [2.05, 4.69) is 20.3 Å². The van der Waals surface area contributed by atoms with Crippen LogP contribution in [0, 0.1) is 6.92 Å². The van der Waals surface area contributed by atoms with Crippen LogP contribution in [0.25, 0.3) is 6.08 Å². The Balaban J connectivity index is 0.000000830. The van der Waals surface area contributed by atoms with Crippen molar-refractivity contribution in [2.75, 3.05) is 13.1 Å². The van der Waals surface area contributed by atoms with Crippen LogP contribution in [0.5, 0.6) is 0 Å². The number of ether oxygens (including phenoxy) is 1. The lowest BCUT2D eigenvalue weighted by Gasteiger charge is -2.19. The molecule has 8 nitrogen and oxygen atoms in total. The third-order valence-electron chi connectivity index (χ3n) is 4.17. The van der Waals surface area contributed by atoms with E-state index < -0.39 is 17.9 Å². The highest BCUT2D eigenvalue weighted by molar-refractivity contribution is 5.73. The number of amides is 1. The van der Waals surface area contributed by atoms with Gasteiger partial charge in [-0.15, -0.1) is 0 Å². The summed E-state index contributed by atoms with van der Waals surface area (Å²) in [7, 11) is 0. The Kier molecular flexibility index (Phi) is 13.3. The maximum atomic E-state index is 14.4. The smallest absolute Gasteiger partial charge is 0.303 e. The summed E-state index contributed by atoms with van der Waals surface area (Å²) in [6.07, 6.45) is 7.26. The monoisotopic (exact) mass is 472 g/mol. The van der Waals surface area contributed by atoms with E-state index in [-0.39, 0.29) is 19.0 Å². The topological polar surface area (TPSA) is 119 Å². The Morgan fingerprint density at radius 2 is 1.85 bits per heavy atom. The zero-order chi connectivity index (χ0) is 25.3. The van der Waals surface area contributed by atoms with Gasteiger partial charge in [0.1, 0.15) is 17.7 Å². The maximum Gasteiger partial charge on any atom is 0.303 e. The first kappa shape index (κ1) is 28.3. The molecule has 0 spiro atoms. The molecule has 0 radical (unpaired) electrons. The Labute approximate surface area is 199 Å². The van der Waals surface area contributed by atoms with Crippen molar-refractivity contribution < 1.29 is 23.2 Å². The highest BCUT2D eigenvalue weighted by Gasteiger charge is 2.13. The van der Waals surface area contributed by atoms with Crippen LogP contribution in [0.2, 0.25) is 0 Å². The number of allylic oxidation sites excluding steroid dienone is 4. The van der Waals surface area contributed by atoms with Gasteiger partial charge in [-0.05, 0) is 43.2 Å². The van der Waals surface area contributed by atoms with Crippen molar-refractivity contribution in [3.63, 3.8) is 0 Å². The Bertz CT molecular complexity index is 967. The summed E-state index contributed by atoms with van der Waals surface area (Å²) in [5.74, 6) is -0.265. The molecule has 0 bridgehead atoms. The second-order valence-corrected chi connectivity index (χ2v) is 7.25. The minimum Gasteiger partial charge on any atom is -0.459 e. The number of carbonyl (C=O) groups excluding carboxylic acids is 2. The van der Waals surface area contributed by atoms with Crippen LogP contribution in [0.4, 0.5) is 4.39 Å². The third kappa shape index (κ3) is 13.0. The number of nitrogens with one attached hydrogen (secondary N) is 2. The average molecular weight is 473 g/mol. The van der Waals surface area contributed by atoms with Crippen LogP contribution in [-0.2, 0) is 20.9 Å². The molecule has 184 valence electrons. The lowest BCUT2D eigenvalue weighted by molar-refractivity contribution is -0.146. The number of hydrogen-bond acceptors (Lipinski definition) is 7. The molecule has 34 heavy (non-hydrogen) atoms. The quantitative estimate of drug-likeness (QED) is 0.357. The molecule has 0 aliphatic carbocycles. The Morgan fingerprint density at radius 1 is 1.18 bits per heavy atom. The van der Waals surface area contributed by atoms with Gasteiger partial charge in [0, 0.05) is 32.2 Å². The Morgan fingerprint density at radius 3 is 2.32 bits per heavy atom. The number of esters is 1. The summed E-state index contributed by atoms with van der Waals surface area (Å²) in [5, 5.41) is 9.08. The normalized spacial score (nSPS) is 12.5. The van der Waals surface area contributed by atoms with E-state index in [1.165, 1.54) is 26.0 Å². The highest BCUT2D eigenvalue weighted by atomic mass is 19.1. The molecule has 2 aromatic rings. The SMILES string of the molecule is C\C=C/C(=C\C(F)=C\c1ccc(CN)cc1)NC[C@H](CNC(C)=O)OC(C)=O.Cc1ccno1. The first-order valence-corrected chi connectivity index (χ1v) is 10.8. The van der Waals surface area contributed by atoms with Crippen molar-refractivity contribution in [1.82, 2.24) is 15.8 Å². The summed E-state index contributed by atoms with van der Waals surface area (Å²) in [6.45, 7) is 7.15. The van der Waals surface area contributed by atoms with Crippen LogP contribution >= 0.6 is 0 Å². The van der Waals surface area contributed by atoms with Crippen molar-refractivity contribution in [2.24, 2.45) is 5.73 Å². The number of halogens is 1. The van der Waals surface area contributed by atoms with E-state index in [1.807, 2.05) is 26.0 Å². The molecular formula is C25H33FN4O4. The van der Waals surface area contributed by atoms with Crippen molar-refractivity contribution in [3.8, 4) is 0 Å². The van der Waals surface area contributed by atoms with Gasteiger partial charge >= 0.3 is 5.97 Å². The van der Waals surface area contributed by atoms with Crippen LogP contribution in [0.15, 0.2) is 70.8 Å². The highest BCUT2D eigenvalue weighted by Crippen LogP contribution is 2.12. The molecule has 1 aromatic heterocycles. The van der Waals surface area contributed by atoms with Gasteiger partial charge in [0.15, 0.2) is 0 Å². The van der Waals surface area contributed by atoms with Gasteiger partial charge in [-0.1, -0.05) is 35.5 Å². The van der Waals surface area contributed by atoms with Gasteiger partial charge < -0.3 is 25.6 Å². The van der Waals surface area contributed by atoms with Gasteiger partial charge in [0.05, 0.1) is 19.3 Å². The number of hydrogen-bond donors (Lipinski definition) is 3. The molecular weight excluding hydrogens is 439 g/mol. The van der Waals surface area contributed by atoms with Gasteiger partial charge in [0.2, 0.25) is 5.91 Å². The Hall–Kier alpha value is -3.72. The molecule has 1 heterocycles. The molecule has 1 amide bonds. The molecule has 1 aromatic carbocycles. The number of aryl methyl sites for hydroxylation is 1. The van der Waals surface area contributed by atoms with Gasteiger partial charge in [-0.3, -0.25) is 9.59 Å². The standard InChI is InChI=1S/C21H28FN3O3.C4H5NO/c1-4-5-20(25-14-21(28-16(3)27)13-24-15(2)26)11-19(22)10-17-6-8-18(12-23)9-7-17;1-4-2-3-5-6-4/h4-11,21,25H,12-14,23H2,1-3H3,(H,24,26);2-3H,1H3/b5-4-,19-10-,20-11+;/t21-;/m0./s1. The predicted molar refractivity (Wildman–Crippen MR) is 130 cm³/mol. The number of benzene rings is 1. The fourth-order valence-electron chi connectivity index (χ4n) is 2.60. The fourth-order valence-corrected chi connectivity index (χ4v) is 2.60. The average Bonchev–Trinajstić information content (AvgIpc) is 3.27. The summed E-state index contributed by atoms with van der Waals surface area (Å²) in [6, 6.07) is 9.09. The third-order valence-corrected chi connectivity index (χ3v) is 4.17. The molecule has 1 atom stereocenters. The van der Waals surface area contributed by atoms with Gasteiger partial charge in [0.25, 0.3) is 0 Å². The zero-order valence-electron chi connectivity index (χ0n) is 20.0. The molecule has 9 heteroatoms. The van der Waals surface area contributed by atoms with Crippen LogP contribution in [-0.4, -0.2) is 36.2 Å². The minimum absolute atomic E-state index is 0.164. The second kappa shape index (κ2) is 16.0. The first-order valence-electron chi connectivity index (χ1n) is 10.8. The van der Waals surface area contributed by atoms with Crippen molar-refractivity contribution in [2.45, 2.75) is 40.3 Å². The maximum absolute atomic E-state index is 14.4. The molecule has 0 saturated carbocycles. The number of aromatic nitrogens is 1. The van der Waals surface area contributed by atoms with Crippen molar-refractivity contribution >= 4 is 18.0 Å². The fraction of sp³-hybridized carbons (Fsp3) is 0.320. The molecule has 0 fully saturated rings. The number of carbonyl (C=O) groups is 2. The largest absolute Gasteiger partial charge is 0.459 e. The van der Waals surface area contributed by atoms with E-state index in [0.29, 0.717) is 17.8 Å². The molecule has 2 rings (SSSR count). The lowest BCUT2D eigenvalue weighted by atomic mass is 10.1. The lowest BCUT2D eigenvalue weighted by Crippen LogP contribution is -2.39. The van der Waals surface area contributed by atoms with E-state index in [9.17, 15) is 14.0 Å². The van der Waals surface area contributed by atoms with Crippen molar-refractivity contribution in [3.05, 3.63) is 83.2 Å². The molecule has 4 N–H and O–H groups in total. The van der Waals surface area contributed by atoms with Crippen LogP contribution in [0.3, 0.4) is 0 Å². The number of rotatable bonds is 10. The van der Waals surface area contributed by atoms with Crippen LogP contribution in [0.1, 0.15) is 37.7 Å². The van der Waals surface area contributed by atoms with E-state index in [1.54, 1.807) is 36.5 Å². The summed E-state index contributed by atoms with van der Waals surface area (Å²) in [5.41, 5.74) is 7.76. The van der Waals surface area contributed by atoms with E-state index in [4.69, 9.17) is 10.5 Å². The molecule has 0 aliphatic heterocycles.